The van der Waals surface area contributed by atoms with E-state index in [-0.39, 0.29) is 24.0 Å². The first-order chi connectivity index (χ1) is 10.2. The highest BCUT2D eigenvalue weighted by Crippen LogP contribution is 2.66. The largest absolute Gasteiger partial charge is 0.396 e. The molecular weight excluding hydrogens is 260 g/mol. The van der Waals surface area contributed by atoms with Crippen LogP contribution in [0.2, 0.25) is 0 Å². The minimum absolute atomic E-state index is 0.183. The van der Waals surface area contributed by atoms with Gasteiger partial charge in [-0.3, -0.25) is 0 Å². The molecule has 0 aromatic carbocycles. The van der Waals surface area contributed by atoms with E-state index in [0.717, 1.165) is 6.42 Å². The molecule has 3 fully saturated rings. The lowest BCUT2D eigenvalue weighted by Gasteiger charge is -2.52. The van der Waals surface area contributed by atoms with E-state index >= 15 is 0 Å². The molecule has 1 unspecified atom stereocenters. The van der Waals surface area contributed by atoms with Crippen LogP contribution in [-0.4, -0.2) is 23.4 Å². The summed E-state index contributed by atoms with van der Waals surface area (Å²) in [6.07, 6.45) is 18.6. The molecule has 0 aromatic rings. The van der Waals surface area contributed by atoms with E-state index < -0.39 is 0 Å². The third kappa shape index (κ3) is 2.67. The zero-order chi connectivity index (χ0) is 14.8. The van der Waals surface area contributed by atoms with Gasteiger partial charge in [0.05, 0.1) is 13.2 Å². The van der Waals surface area contributed by atoms with Crippen LogP contribution in [0.25, 0.3) is 0 Å². The van der Waals surface area contributed by atoms with Gasteiger partial charge in [-0.05, 0) is 55.8 Å². The van der Waals surface area contributed by atoms with Crippen LogP contribution in [0.1, 0.15) is 89.9 Å². The van der Waals surface area contributed by atoms with Crippen LogP contribution in [-0.2, 0) is 0 Å². The fourth-order valence-corrected chi connectivity index (χ4v) is 6.15. The van der Waals surface area contributed by atoms with Crippen LogP contribution >= 0.6 is 0 Å². The fourth-order valence-electron chi connectivity index (χ4n) is 6.15. The standard InChI is InChI=1S/C19H34O2/c20-15-19(16-21)11-7-6-10-18(19)13-12-17(14-18)8-4-2-1-3-5-9-17/h20-21H,1-16H2. The first-order valence-electron chi connectivity index (χ1n) is 9.42. The molecular formula is C19H34O2. The van der Waals surface area contributed by atoms with Crippen molar-refractivity contribution in [2.75, 3.05) is 13.2 Å². The predicted octanol–water partition coefficient (Wildman–Crippen LogP) is 4.43. The molecule has 21 heavy (non-hydrogen) atoms. The lowest BCUT2D eigenvalue weighted by atomic mass is 9.54. The van der Waals surface area contributed by atoms with E-state index in [1.165, 1.54) is 83.5 Å². The molecule has 1 atom stereocenters. The van der Waals surface area contributed by atoms with Gasteiger partial charge in [-0.1, -0.05) is 44.9 Å². The van der Waals surface area contributed by atoms with Crippen molar-refractivity contribution in [2.45, 2.75) is 89.9 Å². The molecule has 0 aromatic heterocycles. The van der Waals surface area contributed by atoms with Crippen LogP contribution < -0.4 is 0 Å². The average molecular weight is 294 g/mol. The maximum absolute atomic E-state index is 10.1. The zero-order valence-electron chi connectivity index (χ0n) is 13.7. The fraction of sp³-hybridized carbons (Fsp3) is 1.00. The quantitative estimate of drug-likeness (QED) is 0.791. The molecule has 2 heteroatoms. The van der Waals surface area contributed by atoms with E-state index in [9.17, 15) is 10.2 Å². The molecule has 0 aliphatic heterocycles. The first kappa shape index (κ1) is 15.8. The third-order valence-corrected chi connectivity index (χ3v) is 7.55. The summed E-state index contributed by atoms with van der Waals surface area (Å²) in [5.41, 5.74) is 0.610. The molecule has 2 spiro atoms. The van der Waals surface area contributed by atoms with Gasteiger partial charge >= 0.3 is 0 Å². The molecule has 3 rings (SSSR count). The molecule has 0 amide bonds. The molecule has 2 nitrogen and oxygen atoms in total. The van der Waals surface area contributed by atoms with Crippen molar-refractivity contribution in [1.29, 1.82) is 0 Å². The number of hydrogen-bond acceptors (Lipinski definition) is 2. The first-order valence-corrected chi connectivity index (χ1v) is 9.42. The van der Waals surface area contributed by atoms with Gasteiger partial charge in [0.15, 0.2) is 0 Å². The zero-order valence-corrected chi connectivity index (χ0v) is 13.7. The minimum atomic E-state index is -0.183. The van der Waals surface area contributed by atoms with Crippen LogP contribution in [0.3, 0.4) is 0 Å². The second-order valence-electron chi connectivity index (χ2n) is 8.53. The highest BCUT2D eigenvalue weighted by Gasteiger charge is 2.58. The summed E-state index contributed by atoms with van der Waals surface area (Å²) < 4.78 is 0. The van der Waals surface area contributed by atoms with E-state index in [0.29, 0.717) is 5.41 Å². The Kier molecular flexibility index (Phi) is 4.66. The van der Waals surface area contributed by atoms with Crippen LogP contribution in [0.15, 0.2) is 0 Å². The molecule has 0 heterocycles. The number of aliphatic hydroxyl groups excluding tert-OH is 2. The van der Waals surface area contributed by atoms with Crippen molar-refractivity contribution < 1.29 is 10.2 Å². The Labute approximate surface area is 130 Å². The number of rotatable bonds is 2. The van der Waals surface area contributed by atoms with Gasteiger partial charge in [0.25, 0.3) is 0 Å². The molecule has 122 valence electrons. The molecule has 3 aliphatic rings. The number of hydrogen-bond donors (Lipinski definition) is 2. The summed E-state index contributed by atoms with van der Waals surface area (Å²) in [7, 11) is 0. The van der Waals surface area contributed by atoms with Crippen molar-refractivity contribution in [1.82, 2.24) is 0 Å². The van der Waals surface area contributed by atoms with Crippen LogP contribution in [0.4, 0.5) is 0 Å². The van der Waals surface area contributed by atoms with Crippen LogP contribution in [0.5, 0.6) is 0 Å². The second kappa shape index (κ2) is 6.20. The van der Waals surface area contributed by atoms with Gasteiger partial charge in [0.1, 0.15) is 0 Å². The van der Waals surface area contributed by atoms with E-state index in [4.69, 9.17) is 0 Å². The Balaban J connectivity index is 1.82. The summed E-state index contributed by atoms with van der Waals surface area (Å²) >= 11 is 0. The highest BCUT2D eigenvalue weighted by atomic mass is 16.3. The predicted molar refractivity (Wildman–Crippen MR) is 86.1 cm³/mol. The Morgan fingerprint density at radius 1 is 0.571 bits per heavy atom. The van der Waals surface area contributed by atoms with Crippen LogP contribution in [0, 0.1) is 16.2 Å². The Morgan fingerprint density at radius 3 is 1.81 bits per heavy atom. The average Bonchev–Trinajstić information content (AvgIpc) is 2.85. The van der Waals surface area contributed by atoms with Gasteiger partial charge in [-0.25, -0.2) is 0 Å². The summed E-state index contributed by atoms with van der Waals surface area (Å²) in [6, 6.07) is 0. The highest BCUT2D eigenvalue weighted by molar-refractivity contribution is 5.08. The van der Waals surface area contributed by atoms with Crippen molar-refractivity contribution in [3.05, 3.63) is 0 Å². The summed E-state index contributed by atoms with van der Waals surface area (Å²) in [5.74, 6) is 0. The van der Waals surface area contributed by atoms with Crippen molar-refractivity contribution in [3.8, 4) is 0 Å². The monoisotopic (exact) mass is 294 g/mol. The molecule has 0 bridgehead atoms. The topological polar surface area (TPSA) is 40.5 Å². The van der Waals surface area contributed by atoms with E-state index in [1.807, 2.05) is 0 Å². The van der Waals surface area contributed by atoms with Gasteiger partial charge in [0.2, 0.25) is 0 Å². The van der Waals surface area contributed by atoms with E-state index in [1.54, 1.807) is 0 Å². The lowest BCUT2D eigenvalue weighted by Crippen LogP contribution is -2.49. The maximum Gasteiger partial charge on any atom is 0.0514 e. The second-order valence-corrected chi connectivity index (χ2v) is 8.53. The van der Waals surface area contributed by atoms with Crippen molar-refractivity contribution >= 4 is 0 Å². The Morgan fingerprint density at radius 2 is 1.14 bits per heavy atom. The SMILES string of the molecule is OCC1(CO)CCCCC12CCC1(CCCCCCC1)C2. The smallest absolute Gasteiger partial charge is 0.0514 e. The van der Waals surface area contributed by atoms with Crippen molar-refractivity contribution in [2.24, 2.45) is 16.2 Å². The third-order valence-electron chi connectivity index (χ3n) is 7.55. The molecule has 0 radical (unpaired) electrons. The molecule has 0 saturated heterocycles. The number of aliphatic hydroxyl groups is 2. The summed E-state index contributed by atoms with van der Waals surface area (Å²) in [6.45, 7) is 0.388. The maximum atomic E-state index is 10.1. The van der Waals surface area contributed by atoms with Gasteiger partial charge in [-0.15, -0.1) is 0 Å². The Hall–Kier alpha value is -0.0800. The summed E-state index contributed by atoms with van der Waals surface area (Å²) in [4.78, 5) is 0. The molecule has 3 aliphatic carbocycles. The van der Waals surface area contributed by atoms with Crippen molar-refractivity contribution in [3.63, 3.8) is 0 Å². The molecule has 2 N–H and O–H groups in total. The molecule has 3 saturated carbocycles. The van der Waals surface area contributed by atoms with E-state index in [2.05, 4.69) is 0 Å². The van der Waals surface area contributed by atoms with Gasteiger partial charge < -0.3 is 10.2 Å². The lowest BCUT2D eigenvalue weighted by molar-refractivity contribution is -0.0946. The minimum Gasteiger partial charge on any atom is -0.396 e. The summed E-state index contributed by atoms with van der Waals surface area (Å²) in [5, 5.41) is 20.2. The Bertz CT molecular complexity index is 339. The van der Waals surface area contributed by atoms with Gasteiger partial charge in [-0.2, -0.15) is 0 Å². The normalized spacial score (nSPS) is 35.7. The van der Waals surface area contributed by atoms with Gasteiger partial charge in [0, 0.05) is 5.41 Å².